The van der Waals surface area contributed by atoms with E-state index in [1.807, 2.05) is 0 Å². The summed E-state index contributed by atoms with van der Waals surface area (Å²) >= 11 is 0. The first-order valence-corrected chi connectivity index (χ1v) is 18.6. The summed E-state index contributed by atoms with van der Waals surface area (Å²) in [5.74, 6) is -16.7. The van der Waals surface area contributed by atoms with E-state index in [0.29, 0.717) is 0 Å². The van der Waals surface area contributed by atoms with Crippen molar-refractivity contribution in [3.63, 3.8) is 0 Å². The van der Waals surface area contributed by atoms with Crippen LogP contribution in [-0.4, -0.2) is 239 Å². The van der Waals surface area contributed by atoms with Crippen molar-refractivity contribution >= 4 is 137 Å². The first-order valence-electron chi connectivity index (χ1n) is 18.6. The Bertz CT molecular complexity index is 1070. The number of rotatable bonds is 0. The van der Waals surface area contributed by atoms with Crippen molar-refractivity contribution in [1.29, 1.82) is 0 Å². The standard InChI is InChI=1S/20C2H4O2.Al.3H/c20*1-2(3)4;;;;/h20*1H3,(H,3,4);;;;. The molecular formula is C40H83AlO40. The largest absolute Gasteiger partial charge is 0.481 e. The molecule has 40 nitrogen and oxygen atoms in total. The van der Waals surface area contributed by atoms with Crippen LogP contribution in [0.3, 0.4) is 0 Å². The number of carboxylic acid groups (broad SMARTS) is 20. The minimum absolute atomic E-state index is 0. The smallest absolute Gasteiger partial charge is 0.300 e. The van der Waals surface area contributed by atoms with E-state index in [0.717, 1.165) is 138 Å². The molecule has 0 saturated carbocycles. The lowest BCUT2D eigenvalue weighted by Gasteiger charge is -1.59. The Balaban J connectivity index is -0.0000000246. The van der Waals surface area contributed by atoms with Crippen LogP contribution < -0.4 is 0 Å². The van der Waals surface area contributed by atoms with Crippen LogP contribution in [0, 0.1) is 0 Å². The quantitative estimate of drug-likeness (QED) is 0.148. The first kappa shape index (κ1) is 139. The Hall–Kier alpha value is -10.1. The van der Waals surface area contributed by atoms with Crippen molar-refractivity contribution in [2.75, 3.05) is 0 Å². The Morgan fingerprint density at radius 1 is 0.111 bits per heavy atom. The predicted octanol–water partition coefficient (Wildman–Crippen LogP) is 0.634. The third-order valence-electron chi connectivity index (χ3n) is 0. The van der Waals surface area contributed by atoms with Crippen LogP contribution in [0.2, 0.25) is 0 Å². The third kappa shape index (κ3) is 3180. The summed E-state index contributed by atoms with van der Waals surface area (Å²) in [6.45, 7) is 21.7. The molecule has 0 aromatic carbocycles. The Morgan fingerprint density at radius 3 is 0.111 bits per heavy atom. The second kappa shape index (κ2) is 133. The van der Waals surface area contributed by atoms with E-state index in [4.69, 9.17) is 198 Å². The molecule has 486 valence electrons. The molecule has 20 N–H and O–H groups in total. The third-order valence-corrected chi connectivity index (χ3v) is 0. The van der Waals surface area contributed by atoms with Gasteiger partial charge < -0.3 is 102 Å². The van der Waals surface area contributed by atoms with E-state index < -0.39 is 119 Å². The lowest BCUT2D eigenvalue weighted by Crippen LogP contribution is -1.78. The van der Waals surface area contributed by atoms with Crippen molar-refractivity contribution in [1.82, 2.24) is 0 Å². The van der Waals surface area contributed by atoms with E-state index in [1.165, 1.54) is 0 Å². The second-order valence-electron chi connectivity index (χ2n) is 10.4. The summed E-state index contributed by atoms with van der Waals surface area (Å²) < 4.78 is 0. The van der Waals surface area contributed by atoms with Crippen LogP contribution in [0.15, 0.2) is 0 Å². The molecule has 0 aliphatic carbocycles. The van der Waals surface area contributed by atoms with E-state index in [9.17, 15) is 0 Å². The van der Waals surface area contributed by atoms with Gasteiger partial charge >= 0.3 is 0 Å². The number of carboxylic acids is 20. The minimum Gasteiger partial charge on any atom is -0.481 e. The van der Waals surface area contributed by atoms with E-state index in [2.05, 4.69) is 0 Å². The van der Waals surface area contributed by atoms with Gasteiger partial charge in [-0.05, 0) is 0 Å². The van der Waals surface area contributed by atoms with Crippen molar-refractivity contribution in [2.24, 2.45) is 0 Å². The average molecular weight is 1230 g/mol. The summed E-state index contributed by atoms with van der Waals surface area (Å²) in [6, 6.07) is 0. The van der Waals surface area contributed by atoms with Gasteiger partial charge in [0.1, 0.15) is 0 Å². The second-order valence-corrected chi connectivity index (χ2v) is 10.4. The highest BCUT2D eigenvalue weighted by Gasteiger charge is 1.72. The summed E-state index contributed by atoms with van der Waals surface area (Å²) in [5.41, 5.74) is 0. The van der Waals surface area contributed by atoms with Crippen LogP contribution in [0.25, 0.3) is 0 Å². The van der Waals surface area contributed by atoms with Gasteiger partial charge in [-0.3, -0.25) is 95.9 Å². The zero-order valence-electron chi connectivity index (χ0n) is 47.1. The van der Waals surface area contributed by atoms with E-state index >= 15 is 0 Å². The molecule has 0 fully saturated rings. The lowest BCUT2D eigenvalue weighted by molar-refractivity contribution is -0.135. The van der Waals surface area contributed by atoms with E-state index in [1.54, 1.807) is 0 Å². The number of hydrogen-bond donors (Lipinski definition) is 20. The highest BCUT2D eigenvalue weighted by atomic mass is 27.0. The molecule has 0 atom stereocenters. The van der Waals surface area contributed by atoms with Crippen molar-refractivity contribution < 1.29 is 198 Å². The molecule has 0 amide bonds. The molecule has 0 aromatic rings. The topological polar surface area (TPSA) is 746 Å². The van der Waals surface area contributed by atoms with Crippen molar-refractivity contribution in [3.05, 3.63) is 0 Å². The number of aliphatic carboxylic acids is 20. The lowest BCUT2D eigenvalue weighted by atomic mass is 10.9. The Kier molecular flexibility index (Phi) is 229. The molecule has 0 spiro atoms. The van der Waals surface area contributed by atoms with E-state index in [-0.39, 0.29) is 17.4 Å². The highest BCUT2D eigenvalue weighted by molar-refractivity contribution is 5.75. The Morgan fingerprint density at radius 2 is 0.111 bits per heavy atom. The van der Waals surface area contributed by atoms with Gasteiger partial charge in [0.15, 0.2) is 17.4 Å². The maximum atomic E-state index is 9.00. The van der Waals surface area contributed by atoms with Gasteiger partial charge in [0, 0.05) is 138 Å². The molecule has 0 aliphatic rings. The maximum absolute atomic E-state index is 9.00. The van der Waals surface area contributed by atoms with Gasteiger partial charge in [-0.15, -0.1) is 0 Å². The average Bonchev–Trinajstić information content (AvgIpc) is 2.99. The summed E-state index contributed by atoms with van der Waals surface area (Å²) in [5, 5.41) is 148. The molecule has 0 unspecified atom stereocenters. The SMILES string of the molecule is CC(=O)O.CC(=O)O.CC(=O)O.CC(=O)O.CC(=O)O.CC(=O)O.CC(=O)O.CC(=O)O.CC(=O)O.CC(=O)O.CC(=O)O.CC(=O)O.CC(=O)O.CC(=O)O.CC(=O)O.CC(=O)O.CC(=O)O.CC(=O)O.CC(=O)O.CC(=O)O.[AlH3]. The van der Waals surface area contributed by atoms with Crippen LogP contribution in [0.4, 0.5) is 0 Å². The maximum Gasteiger partial charge on any atom is 0.300 e. The first-order chi connectivity index (χ1) is 34.6. The fraction of sp³-hybridized carbons (Fsp3) is 0.500. The molecule has 0 bridgehead atoms. The molecule has 0 aromatic heterocycles. The number of carbonyl (C=O) groups is 20. The van der Waals surface area contributed by atoms with Gasteiger partial charge in [-0.2, -0.15) is 0 Å². The van der Waals surface area contributed by atoms with Crippen molar-refractivity contribution in [2.45, 2.75) is 138 Å². The zero-order valence-corrected chi connectivity index (χ0v) is 47.1. The molecule has 0 radical (unpaired) electrons. The van der Waals surface area contributed by atoms with Gasteiger partial charge in [0.2, 0.25) is 0 Å². The van der Waals surface area contributed by atoms with Crippen LogP contribution in [0.5, 0.6) is 0 Å². The monoisotopic (exact) mass is 1230 g/mol. The number of hydrogen-bond acceptors (Lipinski definition) is 20. The van der Waals surface area contributed by atoms with Crippen molar-refractivity contribution in [3.8, 4) is 0 Å². The molecule has 0 heterocycles. The Labute approximate surface area is 472 Å². The molecule has 0 saturated heterocycles. The van der Waals surface area contributed by atoms with Crippen LogP contribution in [-0.2, 0) is 95.9 Å². The minimum atomic E-state index is -0.833. The summed E-state index contributed by atoms with van der Waals surface area (Å²) in [4.78, 5) is 180. The summed E-state index contributed by atoms with van der Waals surface area (Å²) in [6.07, 6.45) is 0. The fourth-order valence-corrected chi connectivity index (χ4v) is 0. The van der Waals surface area contributed by atoms with Gasteiger partial charge in [-0.25, -0.2) is 0 Å². The molecule has 41 heteroatoms. The highest BCUT2D eigenvalue weighted by Crippen LogP contribution is 1.49. The summed E-state index contributed by atoms with van der Waals surface area (Å²) in [7, 11) is 0. The van der Waals surface area contributed by atoms with Gasteiger partial charge in [-0.1, -0.05) is 0 Å². The zero-order chi connectivity index (χ0) is 71.5. The molecule has 81 heavy (non-hydrogen) atoms. The fourth-order valence-electron chi connectivity index (χ4n) is 0. The molecule has 0 aliphatic heterocycles. The van der Waals surface area contributed by atoms with Crippen LogP contribution >= 0.6 is 0 Å². The van der Waals surface area contributed by atoms with Crippen LogP contribution in [0.1, 0.15) is 138 Å². The normalized spacial score (nSPS) is 6.17. The predicted molar refractivity (Wildman–Crippen MR) is 276 cm³/mol. The molecular weight excluding hydrogens is 1150 g/mol. The molecule has 0 rings (SSSR count). The van der Waals surface area contributed by atoms with Gasteiger partial charge in [0.05, 0.1) is 0 Å². The van der Waals surface area contributed by atoms with Gasteiger partial charge in [0.25, 0.3) is 119 Å².